The first-order valence-electron chi connectivity index (χ1n) is 4.90. The molecule has 0 aliphatic rings. The largest absolute Gasteiger partial charge is 0.292 e. The summed E-state index contributed by atoms with van der Waals surface area (Å²) in [6.07, 6.45) is 2.92. The average molecular weight is 295 g/mol. The van der Waals surface area contributed by atoms with Gasteiger partial charge in [0.05, 0.1) is 4.47 Å². The quantitative estimate of drug-likeness (QED) is 0.818. The lowest BCUT2D eigenvalue weighted by molar-refractivity contribution is 0.0988. The molecule has 0 fully saturated rings. The van der Waals surface area contributed by atoms with Crippen molar-refractivity contribution in [1.82, 2.24) is 9.97 Å². The molecule has 2 rings (SSSR count). The highest BCUT2D eigenvalue weighted by molar-refractivity contribution is 9.10. The van der Waals surface area contributed by atoms with Crippen LogP contribution in [0.1, 0.15) is 16.1 Å². The van der Waals surface area contributed by atoms with Crippen LogP contribution in [0.15, 0.2) is 41.3 Å². The lowest BCUT2D eigenvalue weighted by Crippen LogP contribution is -2.06. The number of carbonyl (C=O) groups is 1. The van der Waals surface area contributed by atoms with E-state index in [2.05, 4.69) is 25.9 Å². The Labute approximate surface area is 106 Å². The fourth-order valence-electron chi connectivity index (χ4n) is 1.40. The Bertz CT molecular complexity index is 545. The number of aromatic nitrogens is 2. The Morgan fingerprint density at radius 1 is 1.35 bits per heavy atom. The molecule has 0 N–H and O–H groups in total. The summed E-state index contributed by atoms with van der Waals surface area (Å²) in [6, 6.07) is 6.15. The van der Waals surface area contributed by atoms with E-state index in [1.807, 2.05) is 0 Å². The van der Waals surface area contributed by atoms with Gasteiger partial charge in [0, 0.05) is 12.6 Å². The summed E-state index contributed by atoms with van der Waals surface area (Å²) in [5.41, 5.74) is 0.935. The van der Waals surface area contributed by atoms with Gasteiger partial charge in [-0.25, -0.2) is 14.4 Å². The zero-order valence-corrected chi connectivity index (χ0v) is 10.3. The fraction of sp³-hybridized carbons (Fsp3) is 0.0833. The van der Waals surface area contributed by atoms with Gasteiger partial charge in [0.25, 0.3) is 0 Å². The maximum atomic E-state index is 13.2. The molecule has 86 valence electrons. The number of benzene rings is 1. The second-order valence-corrected chi connectivity index (χ2v) is 4.20. The van der Waals surface area contributed by atoms with E-state index in [4.69, 9.17) is 0 Å². The zero-order chi connectivity index (χ0) is 12.3. The van der Waals surface area contributed by atoms with Gasteiger partial charge < -0.3 is 0 Å². The standard InChI is InChI=1S/C12H8BrFN2O/c13-12-8(2-1-3-9(12)14)6-11(17)10-4-5-15-7-16-10/h1-5,7H,6H2. The van der Waals surface area contributed by atoms with Crippen molar-refractivity contribution >= 4 is 21.7 Å². The van der Waals surface area contributed by atoms with Crippen molar-refractivity contribution in [2.45, 2.75) is 6.42 Å². The van der Waals surface area contributed by atoms with E-state index in [9.17, 15) is 9.18 Å². The molecule has 0 radical (unpaired) electrons. The van der Waals surface area contributed by atoms with E-state index in [0.29, 0.717) is 15.7 Å². The van der Waals surface area contributed by atoms with Crippen molar-refractivity contribution in [2.75, 3.05) is 0 Å². The van der Waals surface area contributed by atoms with E-state index < -0.39 is 0 Å². The van der Waals surface area contributed by atoms with Crippen LogP contribution in [0, 0.1) is 5.82 Å². The van der Waals surface area contributed by atoms with Crippen LogP contribution in [0.2, 0.25) is 0 Å². The molecule has 2 aromatic rings. The molecule has 0 bridgehead atoms. The summed E-state index contributed by atoms with van der Waals surface area (Å²) in [4.78, 5) is 19.4. The van der Waals surface area contributed by atoms with Gasteiger partial charge in [0.15, 0.2) is 5.78 Å². The lowest BCUT2D eigenvalue weighted by atomic mass is 10.1. The first-order chi connectivity index (χ1) is 8.18. The van der Waals surface area contributed by atoms with Gasteiger partial charge in [-0.05, 0) is 33.6 Å². The van der Waals surface area contributed by atoms with E-state index in [1.54, 1.807) is 12.1 Å². The average Bonchev–Trinajstić information content (AvgIpc) is 2.36. The highest BCUT2D eigenvalue weighted by Crippen LogP contribution is 2.21. The Morgan fingerprint density at radius 2 is 2.18 bits per heavy atom. The summed E-state index contributed by atoms with van der Waals surface area (Å²) in [5.74, 6) is -0.545. The van der Waals surface area contributed by atoms with Gasteiger partial charge in [-0.1, -0.05) is 12.1 Å². The van der Waals surface area contributed by atoms with Gasteiger partial charge >= 0.3 is 0 Å². The molecule has 0 aliphatic heterocycles. The van der Waals surface area contributed by atoms with Gasteiger partial charge in [-0.3, -0.25) is 4.79 Å². The molecule has 0 unspecified atom stereocenters. The Hall–Kier alpha value is -1.62. The summed E-state index contributed by atoms with van der Waals surface area (Å²) in [6.45, 7) is 0. The van der Waals surface area contributed by atoms with Crippen LogP contribution in [0.4, 0.5) is 4.39 Å². The van der Waals surface area contributed by atoms with Gasteiger partial charge in [-0.2, -0.15) is 0 Å². The predicted molar refractivity (Wildman–Crippen MR) is 64.2 cm³/mol. The number of hydrogen-bond acceptors (Lipinski definition) is 3. The minimum atomic E-state index is -0.377. The van der Waals surface area contributed by atoms with Crippen molar-refractivity contribution < 1.29 is 9.18 Å². The first-order valence-corrected chi connectivity index (χ1v) is 5.70. The van der Waals surface area contributed by atoms with E-state index in [-0.39, 0.29) is 18.0 Å². The van der Waals surface area contributed by atoms with Crippen molar-refractivity contribution in [3.63, 3.8) is 0 Å². The second-order valence-electron chi connectivity index (χ2n) is 3.41. The number of rotatable bonds is 3. The molecule has 1 aromatic heterocycles. The zero-order valence-electron chi connectivity index (χ0n) is 8.73. The highest BCUT2D eigenvalue weighted by Gasteiger charge is 2.12. The molecule has 1 heterocycles. The third-order valence-corrected chi connectivity index (χ3v) is 3.14. The topological polar surface area (TPSA) is 42.9 Å². The molecule has 1 aromatic carbocycles. The molecular weight excluding hydrogens is 287 g/mol. The fourth-order valence-corrected chi connectivity index (χ4v) is 1.81. The number of nitrogens with zero attached hydrogens (tertiary/aromatic N) is 2. The third-order valence-electron chi connectivity index (χ3n) is 2.25. The Balaban J connectivity index is 2.22. The summed E-state index contributed by atoms with van der Waals surface area (Å²) in [7, 11) is 0. The Kier molecular flexibility index (Phi) is 3.58. The van der Waals surface area contributed by atoms with Crippen molar-refractivity contribution in [2.24, 2.45) is 0 Å². The number of halogens is 2. The molecule has 3 nitrogen and oxygen atoms in total. The third kappa shape index (κ3) is 2.74. The number of carbonyl (C=O) groups excluding carboxylic acids is 1. The minimum Gasteiger partial charge on any atom is -0.292 e. The summed E-state index contributed by atoms with van der Waals surface area (Å²) < 4.78 is 13.6. The van der Waals surface area contributed by atoms with Gasteiger partial charge in [0.2, 0.25) is 0 Å². The maximum Gasteiger partial charge on any atom is 0.185 e. The normalized spacial score (nSPS) is 10.2. The molecule has 17 heavy (non-hydrogen) atoms. The number of hydrogen-bond donors (Lipinski definition) is 0. The van der Waals surface area contributed by atoms with Crippen molar-refractivity contribution in [3.8, 4) is 0 Å². The summed E-state index contributed by atoms with van der Waals surface area (Å²) in [5, 5.41) is 0. The van der Waals surface area contributed by atoms with Gasteiger partial charge in [-0.15, -0.1) is 0 Å². The van der Waals surface area contributed by atoms with Crippen LogP contribution in [0.3, 0.4) is 0 Å². The van der Waals surface area contributed by atoms with Crippen LogP contribution in [-0.2, 0) is 6.42 Å². The minimum absolute atomic E-state index is 0.107. The van der Waals surface area contributed by atoms with Crippen LogP contribution >= 0.6 is 15.9 Å². The monoisotopic (exact) mass is 294 g/mol. The smallest absolute Gasteiger partial charge is 0.185 e. The summed E-state index contributed by atoms with van der Waals surface area (Å²) >= 11 is 3.12. The molecule has 0 atom stereocenters. The first kappa shape index (κ1) is 11.9. The van der Waals surface area contributed by atoms with Gasteiger partial charge in [0.1, 0.15) is 17.8 Å². The maximum absolute atomic E-state index is 13.2. The molecule has 0 aliphatic carbocycles. The van der Waals surface area contributed by atoms with Crippen LogP contribution in [0.25, 0.3) is 0 Å². The number of Topliss-reactive ketones (excluding diaryl/α,β-unsaturated/α-hetero) is 1. The second kappa shape index (κ2) is 5.14. The van der Waals surface area contributed by atoms with Crippen molar-refractivity contribution in [3.05, 3.63) is 58.3 Å². The number of ketones is 1. The molecule has 0 saturated heterocycles. The molecule has 5 heteroatoms. The van der Waals surface area contributed by atoms with Crippen LogP contribution in [0.5, 0.6) is 0 Å². The molecular formula is C12H8BrFN2O. The van der Waals surface area contributed by atoms with Crippen LogP contribution < -0.4 is 0 Å². The van der Waals surface area contributed by atoms with Crippen LogP contribution in [-0.4, -0.2) is 15.8 Å². The Morgan fingerprint density at radius 3 is 2.88 bits per heavy atom. The predicted octanol–water partition coefficient (Wildman–Crippen LogP) is 2.80. The van der Waals surface area contributed by atoms with E-state index in [1.165, 1.54) is 24.7 Å². The highest BCUT2D eigenvalue weighted by atomic mass is 79.9. The van der Waals surface area contributed by atoms with Crippen molar-refractivity contribution in [1.29, 1.82) is 0 Å². The van der Waals surface area contributed by atoms with E-state index in [0.717, 1.165) is 0 Å². The lowest BCUT2D eigenvalue weighted by Gasteiger charge is -2.04. The SMILES string of the molecule is O=C(Cc1cccc(F)c1Br)c1ccncn1. The van der Waals surface area contributed by atoms with E-state index >= 15 is 0 Å². The molecule has 0 amide bonds. The molecule has 0 saturated carbocycles. The molecule has 0 spiro atoms.